The molecule has 3 rings (SSSR count). The standard InChI is InChI=1S/C19H16N2O2/c1-23-19-15(12-20)16(13-8-4-2-5-9-13)17(18(22)21-19)14-10-6-3-7-11-14/h2-11,16-17H,1H3,(H,21,22). The van der Waals surface area contributed by atoms with Crippen LogP contribution in [0.25, 0.3) is 0 Å². The number of hydrogen-bond donors (Lipinski definition) is 1. The molecule has 2 unspecified atom stereocenters. The molecule has 0 radical (unpaired) electrons. The Balaban J connectivity index is 2.20. The number of benzene rings is 2. The number of rotatable bonds is 3. The van der Waals surface area contributed by atoms with Crippen LogP contribution in [0.2, 0.25) is 0 Å². The van der Waals surface area contributed by atoms with E-state index in [9.17, 15) is 10.1 Å². The van der Waals surface area contributed by atoms with Gasteiger partial charge in [-0.15, -0.1) is 0 Å². The molecule has 0 saturated heterocycles. The first kappa shape index (κ1) is 14.9. The molecule has 0 aromatic heterocycles. The lowest BCUT2D eigenvalue weighted by Gasteiger charge is -2.32. The third-order valence-corrected chi connectivity index (χ3v) is 4.05. The largest absolute Gasteiger partial charge is 0.482 e. The van der Waals surface area contributed by atoms with E-state index in [1.165, 1.54) is 7.11 Å². The third-order valence-electron chi connectivity index (χ3n) is 4.05. The highest BCUT2D eigenvalue weighted by Gasteiger charge is 2.40. The molecule has 1 N–H and O–H groups in total. The van der Waals surface area contributed by atoms with Gasteiger partial charge in [0.1, 0.15) is 6.07 Å². The SMILES string of the molecule is COC1=C(C#N)C(c2ccccc2)C(c2ccccc2)C(=O)N1. The molecule has 2 aromatic rings. The molecule has 4 heteroatoms. The van der Waals surface area contributed by atoms with E-state index in [2.05, 4.69) is 11.4 Å². The summed E-state index contributed by atoms with van der Waals surface area (Å²) in [5, 5.41) is 12.3. The van der Waals surface area contributed by atoms with E-state index in [4.69, 9.17) is 4.74 Å². The Morgan fingerprint density at radius 3 is 1.96 bits per heavy atom. The number of allylic oxidation sites excluding steroid dienone is 1. The van der Waals surface area contributed by atoms with Crippen LogP contribution in [-0.4, -0.2) is 13.0 Å². The Kier molecular flexibility index (Phi) is 4.11. The van der Waals surface area contributed by atoms with Gasteiger partial charge in [0.2, 0.25) is 11.8 Å². The van der Waals surface area contributed by atoms with Crippen LogP contribution in [0.4, 0.5) is 0 Å². The van der Waals surface area contributed by atoms with Gasteiger partial charge < -0.3 is 4.74 Å². The first-order chi connectivity index (χ1) is 11.3. The summed E-state index contributed by atoms with van der Waals surface area (Å²) < 4.78 is 5.23. The fourth-order valence-electron chi connectivity index (χ4n) is 3.02. The van der Waals surface area contributed by atoms with Crippen molar-refractivity contribution in [3.8, 4) is 6.07 Å². The summed E-state index contributed by atoms with van der Waals surface area (Å²) in [5.41, 5.74) is 2.23. The smallest absolute Gasteiger partial charge is 0.235 e. The molecule has 0 spiro atoms. The summed E-state index contributed by atoms with van der Waals surface area (Å²) in [6.07, 6.45) is 0. The number of nitriles is 1. The van der Waals surface area contributed by atoms with Gasteiger partial charge in [0.15, 0.2) is 0 Å². The Morgan fingerprint density at radius 2 is 1.48 bits per heavy atom. The molecule has 114 valence electrons. The molecule has 0 bridgehead atoms. The van der Waals surface area contributed by atoms with Crippen molar-refractivity contribution < 1.29 is 9.53 Å². The van der Waals surface area contributed by atoms with Crippen LogP contribution in [0, 0.1) is 11.3 Å². The topological polar surface area (TPSA) is 62.1 Å². The van der Waals surface area contributed by atoms with Crippen LogP contribution in [0.3, 0.4) is 0 Å². The fourth-order valence-corrected chi connectivity index (χ4v) is 3.02. The third kappa shape index (κ3) is 2.69. The summed E-state index contributed by atoms with van der Waals surface area (Å²) in [5.74, 6) is -0.765. The number of ether oxygens (including phenoxy) is 1. The Labute approximate surface area is 135 Å². The van der Waals surface area contributed by atoms with Crippen molar-refractivity contribution in [3.63, 3.8) is 0 Å². The number of hydrogen-bond acceptors (Lipinski definition) is 3. The molecule has 0 fully saturated rings. The van der Waals surface area contributed by atoms with E-state index in [0.29, 0.717) is 5.57 Å². The van der Waals surface area contributed by atoms with Gasteiger partial charge in [0, 0.05) is 5.92 Å². The van der Waals surface area contributed by atoms with Crippen LogP contribution >= 0.6 is 0 Å². The zero-order chi connectivity index (χ0) is 16.2. The zero-order valence-electron chi connectivity index (χ0n) is 12.7. The highest BCUT2D eigenvalue weighted by atomic mass is 16.5. The minimum Gasteiger partial charge on any atom is -0.482 e. The van der Waals surface area contributed by atoms with Crippen molar-refractivity contribution in [1.82, 2.24) is 5.32 Å². The van der Waals surface area contributed by atoms with Gasteiger partial charge in [0.05, 0.1) is 18.6 Å². The van der Waals surface area contributed by atoms with Gasteiger partial charge >= 0.3 is 0 Å². The lowest BCUT2D eigenvalue weighted by molar-refractivity contribution is -0.123. The van der Waals surface area contributed by atoms with E-state index < -0.39 is 5.92 Å². The number of carbonyl (C=O) groups excluding carboxylic acids is 1. The monoisotopic (exact) mass is 304 g/mol. The molecule has 2 atom stereocenters. The number of nitrogens with zero attached hydrogens (tertiary/aromatic N) is 1. The second-order valence-corrected chi connectivity index (χ2v) is 5.32. The van der Waals surface area contributed by atoms with Gasteiger partial charge in [-0.1, -0.05) is 60.7 Å². The van der Waals surface area contributed by atoms with Crippen molar-refractivity contribution >= 4 is 5.91 Å². The van der Waals surface area contributed by atoms with Crippen molar-refractivity contribution in [3.05, 3.63) is 83.2 Å². The maximum Gasteiger partial charge on any atom is 0.235 e. The van der Waals surface area contributed by atoms with E-state index in [-0.39, 0.29) is 17.7 Å². The lowest BCUT2D eigenvalue weighted by Crippen LogP contribution is -2.39. The van der Waals surface area contributed by atoms with Crippen LogP contribution in [0.5, 0.6) is 0 Å². The molecule has 1 aliphatic rings. The van der Waals surface area contributed by atoms with Crippen LogP contribution in [0.15, 0.2) is 72.1 Å². The molecule has 0 saturated carbocycles. The van der Waals surface area contributed by atoms with Crippen molar-refractivity contribution in [2.45, 2.75) is 11.8 Å². The van der Waals surface area contributed by atoms with E-state index in [0.717, 1.165) is 11.1 Å². The van der Waals surface area contributed by atoms with Crippen LogP contribution < -0.4 is 5.32 Å². The van der Waals surface area contributed by atoms with E-state index in [1.54, 1.807) is 0 Å². The predicted molar refractivity (Wildman–Crippen MR) is 86.2 cm³/mol. The lowest BCUT2D eigenvalue weighted by atomic mass is 9.75. The normalized spacial score (nSPS) is 20.6. The molecule has 4 nitrogen and oxygen atoms in total. The van der Waals surface area contributed by atoms with Crippen LogP contribution in [0.1, 0.15) is 23.0 Å². The van der Waals surface area contributed by atoms with Gasteiger partial charge in [-0.05, 0) is 11.1 Å². The van der Waals surface area contributed by atoms with Gasteiger partial charge in [-0.3, -0.25) is 10.1 Å². The summed E-state index contributed by atoms with van der Waals surface area (Å²) >= 11 is 0. The van der Waals surface area contributed by atoms with Gasteiger partial charge in [0.25, 0.3) is 0 Å². The first-order valence-electron chi connectivity index (χ1n) is 7.35. The highest BCUT2D eigenvalue weighted by Crippen LogP contribution is 2.42. The number of amides is 1. The molecule has 23 heavy (non-hydrogen) atoms. The molecular weight excluding hydrogens is 288 g/mol. The Bertz CT molecular complexity index is 776. The van der Waals surface area contributed by atoms with E-state index in [1.807, 2.05) is 60.7 Å². The number of nitrogens with one attached hydrogen (secondary N) is 1. The highest BCUT2D eigenvalue weighted by molar-refractivity contribution is 5.89. The molecular formula is C19H16N2O2. The van der Waals surface area contributed by atoms with Gasteiger partial charge in [-0.25, -0.2) is 0 Å². The van der Waals surface area contributed by atoms with Crippen molar-refractivity contribution in [2.75, 3.05) is 7.11 Å². The molecule has 2 aromatic carbocycles. The summed E-state index contributed by atoms with van der Waals surface area (Å²) in [4.78, 5) is 12.7. The minimum absolute atomic E-state index is 0.166. The maximum atomic E-state index is 12.7. The average molecular weight is 304 g/mol. The average Bonchev–Trinajstić information content (AvgIpc) is 2.62. The van der Waals surface area contributed by atoms with Crippen LogP contribution in [-0.2, 0) is 9.53 Å². The second kappa shape index (κ2) is 6.37. The minimum atomic E-state index is -0.466. The Morgan fingerprint density at radius 1 is 0.957 bits per heavy atom. The summed E-state index contributed by atoms with van der Waals surface area (Å²) in [7, 11) is 1.46. The quantitative estimate of drug-likeness (QED) is 0.948. The molecule has 0 aliphatic carbocycles. The summed E-state index contributed by atoms with van der Waals surface area (Å²) in [6.45, 7) is 0. The number of carbonyl (C=O) groups is 1. The van der Waals surface area contributed by atoms with Gasteiger partial charge in [-0.2, -0.15) is 5.26 Å². The molecule has 1 heterocycles. The maximum absolute atomic E-state index is 12.7. The van der Waals surface area contributed by atoms with E-state index >= 15 is 0 Å². The number of methoxy groups -OCH3 is 1. The fraction of sp³-hybridized carbons (Fsp3) is 0.158. The second-order valence-electron chi connectivity index (χ2n) is 5.32. The molecule has 1 aliphatic heterocycles. The zero-order valence-corrected chi connectivity index (χ0v) is 12.7. The first-order valence-corrected chi connectivity index (χ1v) is 7.35. The Hall–Kier alpha value is -3.06. The summed E-state index contributed by atoms with van der Waals surface area (Å²) in [6, 6.07) is 21.3. The van der Waals surface area contributed by atoms with Crippen molar-refractivity contribution in [1.29, 1.82) is 5.26 Å². The molecule has 1 amide bonds. The van der Waals surface area contributed by atoms with Crippen molar-refractivity contribution in [2.24, 2.45) is 0 Å². The predicted octanol–water partition coefficient (Wildman–Crippen LogP) is 3.07.